The maximum Gasteiger partial charge on any atom is 0.241 e. The van der Waals surface area contributed by atoms with E-state index in [2.05, 4.69) is 0 Å². The molecule has 0 radical (unpaired) electrons. The van der Waals surface area contributed by atoms with Crippen LogP contribution in [-0.2, 0) is 4.79 Å². The molecule has 0 spiro atoms. The van der Waals surface area contributed by atoms with Gasteiger partial charge in [0, 0.05) is 31.4 Å². The van der Waals surface area contributed by atoms with Crippen molar-refractivity contribution in [1.82, 2.24) is 4.90 Å². The summed E-state index contributed by atoms with van der Waals surface area (Å²) in [6.07, 6.45) is -0.513. The summed E-state index contributed by atoms with van der Waals surface area (Å²) in [6.45, 7) is 3.68. The van der Waals surface area contributed by atoms with E-state index in [1.165, 1.54) is 0 Å². The number of hydrogen-bond acceptors (Lipinski definition) is 3. The van der Waals surface area contributed by atoms with Crippen LogP contribution in [0.5, 0.6) is 0 Å². The van der Waals surface area contributed by atoms with Crippen molar-refractivity contribution in [3.63, 3.8) is 0 Å². The molecule has 92 valence electrons. The summed E-state index contributed by atoms with van der Waals surface area (Å²) >= 11 is 0. The van der Waals surface area contributed by atoms with Crippen LogP contribution in [0, 0.1) is 0 Å². The van der Waals surface area contributed by atoms with Gasteiger partial charge in [-0.2, -0.15) is 0 Å². The number of rotatable bonds is 2. The SMILES string of the molecule is C[C@@H](O)c1ccccc1N1CCN(C)C(=O)C1. The van der Waals surface area contributed by atoms with Crippen molar-refractivity contribution in [2.24, 2.45) is 0 Å². The molecule has 1 saturated heterocycles. The molecule has 1 heterocycles. The van der Waals surface area contributed by atoms with Gasteiger partial charge in [0.15, 0.2) is 0 Å². The van der Waals surface area contributed by atoms with Crippen molar-refractivity contribution in [2.45, 2.75) is 13.0 Å². The Kier molecular flexibility index (Phi) is 3.33. The van der Waals surface area contributed by atoms with Gasteiger partial charge in [-0.05, 0) is 13.0 Å². The van der Waals surface area contributed by atoms with E-state index in [0.717, 1.165) is 24.3 Å². The number of aliphatic hydroxyl groups excluding tert-OH is 1. The highest BCUT2D eigenvalue weighted by Crippen LogP contribution is 2.26. The predicted octanol–water partition coefficient (Wildman–Crippen LogP) is 1.02. The molecule has 4 heteroatoms. The normalized spacial score (nSPS) is 18.4. The van der Waals surface area contributed by atoms with Crippen molar-refractivity contribution in [1.29, 1.82) is 0 Å². The summed E-state index contributed by atoms with van der Waals surface area (Å²) in [5, 5.41) is 9.73. The van der Waals surface area contributed by atoms with Gasteiger partial charge in [0.2, 0.25) is 5.91 Å². The average molecular weight is 234 g/mol. The second-order valence-corrected chi connectivity index (χ2v) is 4.47. The lowest BCUT2D eigenvalue weighted by Crippen LogP contribution is -2.48. The molecular weight excluding hydrogens is 216 g/mol. The van der Waals surface area contributed by atoms with E-state index in [4.69, 9.17) is 0 Å². The highest BCUT2D eigenvalue weighted by atomic mass is 16.3. The average Bonchev–Trinajstić information content (AvgIpc) is 2.32. The van der Waals surface area contributed by atoms with Crippen molar-refractivity contribution < 1.29 is 9.90 Å². The number of amides is 1. The van der Waals surface area contributed by atoms with Gasteiger partial charge in [-0.25, -0.2) is 0 Å². The standard InChI is InChI=1S/C13H18N2O2/c1-10(16)11-5-3-4-6-12(11)15-8-7-14(2)13(17)9-15/h3-6,10,16H,7-9H2,1-2H3/t10-/m1/s1. The van der Waals surface area contributed by atoms with Gasteiger partial charge in [-0.3, -0.25) is 4.79 Å². The van der Waals surface area contributed by atoms with Gasteiger partial charge in [-0.1, -0.05) is 18.2 Å². The Morgan fingerprint density at radius 1 is 1.29 bits per heavy atom. The quantitative estimate of drug-likeness (QED) is 0.831. The molecule has 4 nitrogen and oxygen atoms in total. The van der Waals surface area contributed by atoms with E-state index < -0.39 is 6.10 Å². The summed E-state index contributed by atoms with van der Waals surface area (Å²) in [4.78, 5) is 15.5. The molecule has 1 aromatic carbocycles. The van der Waals surface area contributed by atoms with Crippen molar-refractivity contribution >= 4 is 11.6 Å². The third-order valence-corrected chi connectivity index (χ3v) is 3.18. The number of aliphatic hydroxyl groups is 1. The van der Waals surface area contributed by atoms with E-state index >= 15 is 0 Å². The lowest BCUT2D eigenvalue weighted by Gasteiger charge is -2.35. The molecule has 1 aliphatic heterocycles. The van der Waals surface area contributed by atoms with Crippen LogP contribution in [0.15, 0.2) is 24.3 Å². The Labute approximate surface area is 101 Å². The van der Waals surface area contributed by atoms with Crippen LogP contribution < -0.4 is 4.90 Å². The molecule has 1 aromatic rings. The molecular formula is C13H18N2O2. The molecule has 0 saturated carbocycles. The lowest BCUT2D eigenvalue weighted by atomic mass is 10.1. The molecule has 0 aromatic heterocycles. The van der Waals surface area contributed by atoms with Crippen molar-refractivity contribution in [3.05, 3.63) is 29.8 Å². The molecule has 0 bridgehead atoms. The molecule has 1 fully saturated rings. The summed E-state index contributed by atoms with van der Waals surface area (Å²) in [7, 11) is 1.82. The number of carbonyl (C=O) groups is 1. The fourth-order valence-corrected chi connectivity index (χ4v) is 2.09. The zero-order valence-corrected chi connectivity index (χ0v) is 10.3. The van der Waals surface area contributed by atoms with Gasteiger partial charge < -0.3 is 14.9 Å². The first-order valence-corrected chi connectivity index (χ1v) is 5.85. The Morgan fingerprint density at radius 2 is 2.00 bits per heavy atom. The zero-order valence-electron chi connectivity index (χ0n) is 10.3. The Bertz CT molecular complexity index is 418. The van der Waals surface area contributed by atoms with Gasteiger partial charge in [0.1, 0.15) is 0 Å². The third-order valence-electron chi connectivity index (χ3n) is 3.18. The van der Waals surface area contributed by atoms with Crippen molar-refractivity contribution in [2.75, 3.05) is 31.6 Å². The first kappa shape index (κ1) is 11.9. The number of hydrogen-bond donors (Lipinski definition) is 1. The highest BCUT2D eigenvalue weighted by molar-refractivity contribution is 5.83. The topological polar surface area (TPSA) is 43.8 Å². The molecule has 0 aliphatic carbocycles. The van der Waals surface area contributed by atoms with Gasteiger partial charge in [0.25, 0.3) is 0 Å². The van der Waals surface area contributed by atoms with E-state index in [0.29, 0.717) is 6.54 Å². The number of benzene rings is 1. The van der Waals surface area contributed by atoms with E-state index in [-0.39, 0.29) is 5.91 Å². The minimum absolute atomic E-state index is 0.122. The maximum atomic E-state index is 11.7. The second-order valence-electron chi connectivity index (χ2n) is 4.47. The molecule has 1 N–H and O–H groups in total. The predicted molar refractivity (Wildman–Crippen MR) is 66.9 cm³/mol. The van der Waals surface area contributed by atoms with Gasteiger partial charge in [-0.15, -0.1) is 0 Å². The van der Waals surface area contributed by atoms with Crippen LogP contribution in [0.3, 0.4) is 0 Å². The highest BCUT2D eigenvalue weighted by Gasteiger charge is 2.23. The minimum atomic E-state index is -0.513. The number of carbonyl (C=O) groups excluding carboxylic acids is 1. The molecule has 1 amide bonds. The van der Waals surface area contributed by atoms with Gasteiger partial charge >= 0.3 is 0 Å². The number of para-hydroxylation sites is 1. The lowest BCUT2D eigenvalue weighted by molar-refractivity contribution is -0.129. The Balaban J connectivity index is 2.25. The summed E-state index contributed by atoms with van der Waals surface area (Å²) in [6, 6.07) is 7.71. The summed E-state index contributed by atoms with van der Waals surface area (Å²) in [5.74, 6) is 0.122. The molecule has 1 aliphatic rings. The fourth-order valence-electron chi connectivity index (χ4n) is 2.09. The third kappa shape index (κ3) is 2.42. The van der Waals surface area contributed by atoms with E-state index in [1.807, 2.05) is 36.2 Å². The maximum absolute atomic E-state index is 11.7. The molecule has 1 atom stereocenters. The minimum Gasteiger partial charge on any atom is -0.389 e. The molecule has 2 rings (SSSR count). The van der Waals surface area contributed by atoms with Crippen LogP contribution in [0.4, 0.5) is 5.69 Å². The molecule has 0 unspecified atom stereocenters. The smallest absolute Gasteiger partial charge is 0.241 e. The molecule has 17 heavy (non-hydrogen) atoms. The summed E-state index contributed by atoms with van der Waals surface area (Å²) in [5.41, 5.74) is 1.84. The first-order valence-electron chi connectivity index (χ1n) is 5.85. The number of likely N-dealkylation sites (N-methyl/N-ethyl adjacent to an activating group) is 1. The second kappa shape index (κ2) is 4.75. The Hall–Kier alpha value is -1.55. The van der Waals surface area contributed by atoms with E-state index in [1.54, 1.807) is 11.8 Å². The van der Waals surface area contributed by atoms with Crippen LogP contribution in [0.1, 0.15) is 18.6 Å². The monoisotopic (exact) mass is 234 g/mol. The first-order chi connectivity index (χ1) is 8.09. The van der Waals surface area contributed by atoms with Crippen LogP contribution in [-0.4, -0.2) is 42.6 Å². The fraction of sp³-hybridized carbons (Fsp3) is 0.462. The van der Waals surface area contributed by atoms with Crippen LogP contribution >= 0.6 is 0 Å². The van der Waals surface area contributed by atoms with E-state index in [9.17, 15) is 9.90 Å². The van der Waals surface area contributed by atoms with Gasteiger partial charge in [0.05, 0.1) is 12.6 Å². The van der Waals surface area contributed by atoms with Crippen LogP contribution in [0.2, 0.25) is 0 Å². The summed E-state index contributed by atoms with van der Waals surface area (Å²) < 4.78 is 0. The number of anilines is 1. The number of piperazine rings is 1. The zero-order chi connectivity index (χ0) is 12.4. The largest absolute Gasteiger partial charge is 0.389 e. The number of nitrogens with zero attached hydrogens (tertiary/aromatic N) is 2. The van der Waals surface area contributed by atoms with Crippen molar-refractivity contribution in [3.8, 4) is 0 Å². The Morgan fingerprint density at radius 3 is 2.65 bits per heavy atom. The van der Waals surface area contributed by atoms with Crippen LogP contribution in [0.25, 0.3) is 0 Å².